The summed E-state index contributed by atoms with van der Waals surface area (Å²) in [7, 11) is 1.56. The van der Waals surface area contributed by atoms with Gasteiger partial charge in [-0.1, -0.05) is 48.5 Å². The molecule has 7 nitrogen and oxygen atoms in total. The van der Waals surface area contributed by atoms with E-state index in [1.807, 2.05) is 66.9 Å². The van der Waals surface area contributed by atoms with Crippen LogP contribution in [-0.4, -0.2) is 28.6 Å². The first kappa shape index (κ1) is 22.7. The van der Waals surface area contributed by atoms with Crippen molar-refractivity contribution < 1.29 is 14.3 Å². The maximum atomic E-state index is 12.9. The second-order valence-corrected chi connectivity index (χ2v) is 7.55. The Morgan fingerprint density at radius 3 is 2.24 bits per heavy atom. The van der Waals surface area contributed by atoms with Gasteiger partial charge in [0.15, 0.2) is 5.78 Å². The highest BCUT2D eigenvalue weighted by atomic mass is 16.5. The van der Waals surface area contributed by atoms with E-state index in [1.54, 1.807) is 42.1 Å². The topological polar surface area (TPSA) is 99.2 Å². The number of para-hydroxylation sites is 1. The Morgan fingerprint density at radius 2 is 1.62 bits per heavy atom. The van der Waals surface area contributed by atoms with Crippen LogP contribution in [0.15, 0.2) is 96.7 Å². The summed E-state index contributed by atoms with van der Waals surface area (Å²) in [5, 5.41) is 4.76. The number of nitrogens with two attached hydrogens (primary N) is 1. The maximum Gasteiger partial charge on any atom is 0.261 e. The van der Waals surface area contributed by atoms with Gasteiger partial charge in [0.2, 0.25) is 0 Å². The molecule has 170 valence electrons. The number of Topliss-reactive ketones (excluding diaryl/α,β-unsaturated/α-hetero) is 1. The fourth-order valence-electron chi connectivity index (χ4n) is 3.56. The molecule has 3 N–H and O–H groups in total. The number of amides is 1. The molecule has 3 aromatic carbocycles. The number of ether oxygens (including phenoxy) is 1. The lowest BCUT2D eigenvalue weighted by Crippen LogP contribution is -2.32. The molecule has 1 aromatic heterocycles. The van der Waals surface area contributed by atoms with Gasteiger partial charge in [-0.25, -0.2) is 10.5 Å². The molecule has 0 spiro atoms. The predicted molar refractivity (Wildman–Crippen MR) is 131 cm³/mol. The summed E-state index contributed by atoms with van der Waals surface area (Å²) < 4.78 is 6.89. The molecule has 0 aliphatic heterocycles. The number of carbonyl (C=O) groups excluding carboxylic acids is 2. The second kappa shape index (κ2) is 10.4. The first-order valence-corrected chi connectivity index (χ1v) is 10.7. The maximum absolute atomic E-state index is 12.9. The van der Waals surface area contributed by atoms with Crippen molar-refractivity contribution in [2.45, 2.75) is 6.42 Å². The Kier molecular flexibility index (Phi) is 6.95. The molecule has 0 aliphatic carbocycles. The predicted octanol–water partition coefficient (Wildman–Crippen LogP) is 4.19. The van der Waals surface area contributed by atoms with E-state index in [4.69, 9.17) is 15.7 Å². The summed E-state index contributed by atoms with van der Waals surface area (Å²) in [6, 6.07) is 26.1. The molecule has 0 unspecified atom stereocenters. The van der Waals surface area contributed by atoms with Crippen LogP contribution in [0.2, 0.25) is 0 Å². The van der Waals surface area contributed by atoms with Crippen LogP contribution in [0.5, 0.6) is 5.75 Å². The molecule has 0 saturated carbocycles. The van der Waals surface area contributed by atoms with E-state index in [9.17, 15) is 9.59 Å². The average Bonchev–Trinajstić information content (AvgIpc) is 3.32. The van der Waals surface area contributed by atoms with Crippen LogP contribution in [0.1, 0.15) is 22.3 Å². The van der Waals surface area contributed by atoms with E-state index in [-0.39, 0.29) is 17.8 Å². The molecule has 0 bridgehead atoms. The van der Waals surface area contributed by atoms with E-state index in [0.29, 0.717) is 22.6 Å². The van der Waals surface area contributed by atoms with Crippen LogP contribution in [0.25, 0.3) is 23.0 Å². The van der Waals surface area contributed by atoms with E-state index in [2.05, 4.69) is 5.43 Å². The lowest BCUT2D eigenvalue weighted by molar-refractivity contribution is -0.117. The molecule has 4 aromatic rings. The number of hydrazine groups is 1. The number of benzene rings is 3. The van der Waals surface area contributed by atoms with Crippen molar-refractivity contribution in [2.24, 2.45) is 5.84 Å². The number of hydrogen-bond acceptors (Lipinski definition) is 5. The molecule has 34 heavy (non-hydrogen) atoms. The average molecular weight is 453 g/mol. The van der Waals surface area contributed by atoms with Crippen LogP contribution >= 0.6 is 0 Å². The minimum atomic E-state index is -0.534. The van der Waals surface area contributed by atoms with Crippen LogP contribution in [0.3, 0.4) is 0 Å². The summed E-state index contributed by atoms with van der Waals surface area (Å²) in [4.78, 5) is 25.5. The largest absolute Gasteiger partial charge is 0.497 e. The molecule has 0 atom stereocenters. The second-order valence-electron chi connectivity index (χ2n) is 7.55. The SMILES string of the molecule is COc1ccc(C(=O)C/C(=C\c2cn(-c3ccccc3)nc2-c2ccccc2)C(=O)NN)cc1. The third-order valence-electron chi connectivity index (χ3n) is 5.33. The van der Waals surface area contributed by atoms with Crippen molar-refractivity contribution in [3.05, 3.63) is 108 Å². The standard InChI is InChI=1S/C27H24N4O3/c1-34-24-14-12-19(13-15-24)25(32)17-21(27(33)29-28)16-22-18-31(23-10-6-3-7-11-23)30-26(22)20-8-4-2-5-9-20/h2-16,18H,17,28H2,1H3,(H,29,33)/b21-16+. The number of rotatable bonds is 8. The van der Waals surface area contributed by atoms with Crippen molar-refractivity contribution in [3.8, 4) is 22.7 Å². The molecule has 1 amide bonds. The zero-order chi connectivity index (χ0) is 23.9. The van der Waals surface area contributed by atoms with E-state index in [1.165, 1.54) is 0 Å². The lowest BCUT2D eigenvalue weighted by Gasteiger charge is -2.07. The summed E-state index contributed by atoms with van der Waals surface area (Å²) in [5.41, 5.74) is 5.99. The van der Waals surface area contributed by atoms with Gasteiger partial charge in [0.1, 0.15) is 5.75 Å². The van der Waals surface area contributed by atoms with Crippen molar-refractivity contribution in [1.29, 1.82) is 0 Å². The van der Waals surface area contributed by atoms with Crippen LogP contribution < -0.4 is 16.0 Å². The Balaban J connectivity index is 1.75. The highest BCUT2D eigenvalue weighted by Crippen LogP contribution is 2.27. The molecule has 0 radical (unpaired) electrons. The lowest BCUT2D eigenvalue weighted by atomic mass is 9.99. The molecule has 0 aliphatic rings. The number of nitrogens with zero attached hydrogens (tertiary/aromatic N) is 2. The number of nitrogens with one attached hydrogen (secondary N) is 1. The van der Waals surface area contributed by atoms with Crippen LogP contribution in [-0.2, 0) is 4.79 Å². The van der Waals surface area contributed by atoms with Gasteiger partial charge in [-0.3, -0.25) is 15.0 Å². The number of ketones is 1. The quantitative estimate of drug-likeness (QED) is 0.137. The normalized spacial score (nSPS) is 11.2. The molecule has 1 heterocycles. The van der Waals surface area contributed by atoms with Crippen molar-refractivity contribution in [2.75, 3.05) is 7.11 Å². The van der Waals surface area contributed by atoms with Crippen molar-refractivity contribution >= 4 is 17.8 Å². The smallest absolute Gasteiger partial charge is 0.261 e. The monoisotopic (exact) mass is 452 g/mol. The van der Waals surface area contributed by atoms with Gasteiger partial charge < -0.3 is 4.74 Å². The fraction of sp³-hybridized carbons (Fsp3) is 0.0741. The van der Waals surface area contributed by atoms with E-state index < -0.39 is 5.91 Å². The molecular weight excluding hydrogens is 428 g/mol. The van der Waals surface area contributed by atoms with Gasteiger partial charge in [-0.2, -0.15) is 5.10 Å². The van der Waals surface area contributed by atoms with Crippen molar-refractivity contribution in [1.82, 2.24) is 15.2 Å². The first-order chi connectivity index (χ1) is 16.6. The molecule has 0 fully saturated rings. The third-order valence-corrected chi connectivity index (χ3v) is 5.33. The van der Waals surface area contributed by atoms with Gasteiger partial charge in [0.05, 0.1) is 18.5 Å². The number of aromatic nitrogens is 2. The minimum absolute atomic E-state index is 0.125. The van der Waals surface area contributed by atoms with Crippen LogP contribution in [0.4, 0.5) is 0 Å². The molecule has 7 heteroatoms. The minimum Gasteiger partial charge on any atom is -0.497 e. The summed E-state index contributed by atoms with van der Waals surface area (Å²) in [6.07, 6.45) is 3.37. The summed E-state index contributed by atoms with van der Waals surface area (Å²) >= 11 is 0. The highest BCUT2D eigenvalue weighted by Gasteiger charge is 2.18. The Morgan fingerprint density at radius 1 is 0.971 bits per heavy atom. The van der Waals surface area contributed by atoms with E-state index in [0.717, 1.165) is 11.3 Å². The zero-order valence-electron chi connectivity index (χ0n) is 18.6. The third kappa shape index (κ3) is 5.11. The molecule has 4 rings (SSSR count). The number of carbonyl (C=O) groups is 2. The first-order valence-electron chi connectivity index (χ1n) is 10.7. The van der Waals surface area contributed by atoms with Crippen LogP contribution in [0, 0.1) is 0 Å². The molecule has 0 saturated heterocycles. The zero-order valence-corrected chi connectivity index (χ0v) is 18.6. The Labute approximate surface area is 197 Å². The van der Waals surface area contributed by atoms with Gasteiger partial charge >= 0.3 is 0 Å². The number of hydrogen-bond donors (Lipinski definition) is 2. The Bertz CT molecular complexity index is 1310. The highest BCUT2D eigenvalue weighted by molar-refractivity contribution is 6.07. The van der Waals surface area contributed by atoms with Gasteiger partial charge in [-0.15, -0.1) is 0 Å². The van der Waals surface area contributed by atoms with Gasteiger partial charge in [-0.05, 0) is 42.5 Å². The molecular formula is C27H24N4O3. The Hall–Kier alpha value is -4.49. The fourth-order valence-corrected chi connectivity index (χ4v) is 3.56. The number of methoxy groups -OCH3 is 1. The summed E-state index contributed by atoms with van der Waals surface area (Å²) in [6.45, 7) is 0. The van der Waals surface area contributed by atoms with E-state index >= 15 is 0 Å². The van der Waals surface area contributed by atoms with Crippen molar-refractivity contribution in [3.63, 3.8) is 0 Å². The summed E-state index contributed by atoms with van der Waals surface area (Å²) in [5.74, 6) is 5.33. The van der Waals surface area contributed by atoms with Gasteiger partial charge in [0.25, 0.3) is 5.91 Å². The van der Waals surface area contributed by atoms with Gasteiger partial charge in [0, 0.05) is 34.9 Å².